The zero-order chi connectivity index (χ0) is 17.8. The Morgan fingerprint density at radius 2 is 2.08 bits per heavy atom. The molecule has 25 heavy (non-hydrogen) atoms. The van der Waals surface area contributed by atoms with Crippen molar-refractivity contribution in [2.24, 2.45) is 0 Å². The molecule has 4 heteroatoms. The minimum Gasteiger partial charge on any atom is -0.391 e. The van der Waals surface area contributed by atoms with Crippen LogP contribution in [0.3, 0.4) is 0 Å². The number of amides is 1. The maximum absolute atomic E-state index is 12.7. The zero-order valence-corrected chi connectivity index (χ0v) is 15.0. The van der Waals surface area contributed by atoms with Crippen molar-refractivity contribution in [2.45, 2.75) is 39.3 Å². The summed E-state index contributed by atoms with van der Waals surface area (Å²) in [6, 6.07) is 14.0. The summed E-state index contributed by atoms with van der Waals surface area (Å²) in [6.07, 6.45) is 1.24. The molecule has 2 aromatic rings. The minimum absolute atomic E-state index is 0.00563. The lowest BCUT2D eigenvalue weighted by Crippen LogP contribution is -2.42. The number of aryl methyl sites for hydroxylation is 2. The molecule has 0 bridgehead atoms. The molecule has 2 N–H and O–H groups in total. The van der Waals surface area contributed by atoms with E-state index in [2.05, 4.69) is 37.4 Å². The standard InChI is InChI=1S/C21H26N2O2/c1-15-8-9-18(16(2)11-15)13-22-19-6-3-5-17(12-19)21(25)23-10-4-7-20(24)14-23/h3,5-6,8-9,11-12,20,22,24H,4,7,10,13-14H2,1-2H3. The van der Waals surface area contributed by atoms with Gasteiger partial charge in [-0.05, 0) is 56.0 Å². The Morgan fingerprint density at radius 3 is 2.84 bits per heavy atom. The number of rotatable bonds is 4. The van der Waals surface area contributed by atoms with Crippen LogP contribution in [-0.2, 0) is 6.54 Å². The van der Waals surface area contributed by atoms with Crippen molar-refractivity contribution in [2.75, 3.05) is 18.4 Å². The molecule has 1 unspecified atom stereocenters. The van der Waals surface area contributed by atoms with Gasteiger partial charge in [0.25, 0.3) is 5.91 Å². The lowest BCUT2D eigenvalue weighted by atomic mass is 10.1. The van der Waals surface area contributed by atoms with Gasteiger partial charge in [-0.2, -0.15) is 0 Å². The number of nitrogens with one attached hydrogen (secondary N) is 1. The molecule has 132 valence electrons. The Balaban J connectivity index is 1.67. The molecule has 0 aliphatic carbocycles. The molecule has 1 fully saturated rings. The molecule has 3 rings (SSSR count). The third-order valence-electron chi connectivity index (χ3n) is 4.77. The maximum atomic E-state index is 12.7. The van der Waals surface area contributed by atoms with E-state index in [-0.39, 0.29) is 5.91 Å². The number of β-amino-alcohol motifs (C(OH)–C–C–N with tert-alkyl or cyclic N) is 1. The Kier molecular flexibility index (Phi) is 5.39. The fourth-order valence-corrected chi connectivity index (χ4v) is 3.33. The van der Waals surface area contributed by atoms with E-state index in [1.54, 1.807) is 4.90 Å². The van der Waals surface area contributed by atoms with Crippen LogP contribution in [-0.4, -0.2) is 35.1 Å². The van der Waals surface area contributed by atoms with Gasteiger partial charge in [-0.3, -0.25) is 4.79 Å². The van der Waals surface area contributed by atoms with Gasteiger partial charge in [-0.25, -0.2) is 0 Å². The molecule has 1 amide bonds. The molecule has 4 nitrogen and oxygen atoms in total. The first-order chi connectivity index (χ1) is 12.0. The molecule has 0 saturated carbocycles. The van der Waals surface area contributed by atoms with Crippen molar-refractivity contribution < 1.29 is 9.90 Å². The summed E-state index contributed by atoms with van der Waals surface area (Å²) in [4.78, 5) is 14.4. The van der Waals surface area contributed by atoms with Crippen LogP contribution in [0.4, 0.5) is 5.69 Å². The average Bonchev–Trinajstić information content (AvgIpc) is 2.60. The molecule has 2 aromatic carbocycles. The number of carbonyl (C=O) groups excluding carboxylic acids is 1. The third-order valence-corrected chi connectivity index (χ3v) is 4.77. The Labute approximate surface area is 149 Å². The van der Waals surface area contributed by atoms with E-state index < -0.39 is 6.10 Å². The van der Waals surface area contributed by atoms with Gasteiger partial charge >= 0.3 is 0 Å². The highest BCUT2D eigenvalue weighted by Gasteiger charge is 2.23. The number of piperidine rings is 1. The first-order valence-electron chi connectivity index (χ1n) is 8.90. The highest BCUT2D eigenvalue weighted by atomic mass is 16.3. The molecule has 0 radical (unpaired) electrons. The van der Waals surface area contributed by atoms with Crippen LogP contribution >= 0.6 is 0 Å². The van der Waals surface area contributed by atoms with Gasteiger partial charge in [0.1, 0.15) is 0 Å². The van der Waals surface area contributed by atoms with Crippen molar-refractivity contribution in [1.29, 1.82) is 0 Å². The molecule has 0 aromatic heterocycles. The monoisotopic (exact) mass is 338 g/mol. The largest absolute Gasteiger partial charge is 0.391 e. The van der Waals surface area contributed by atoms with Crippen LogP contribution in [0.5, 0.6) is 0 Å². The summed E-state index contributed by atoms with van der Waals surface area (Å²) in [5.41, 5.74) is 5.38. The van der Waals surface area contributed by atoms with Crippen molar-refractivity contribution in [1.82, 2.24) is 4.90 Å². The molecule has 1 heterocycles. The first-order valence-corrected chi connectivity index (χ1v) is 8.90. The van der Waals surface area contributed by atoms with Crippen LogP contribution in [0.25, 0.3) is 0 Å². The summed E-state index contributed by atoms with van der Waals surface area (Å²) < 4.78 is 0. The summed E-state index contributed by atoms with van der Waals surface area (Å²) in [5, 5.41) is 13.2. The lowest BCUT2D eigenvalue weighted by Gasteiger charge is -2.30. The average molecular weight is 338 g/mol. The van der Waals surface area contributed by atoms with Crippen LogP contribution in [0, 0.1) is 13.8 Å². The van der Waals surface area contributed by atoms with Gasteiger partial charge in [0.15, 0.2) is 0 Å². The zero-order valence-electron chi connectivity index (χ0n) is 15.0. The van der Waals surface area contributed by atoms with E-state index in [0.717, 1.165) is 31.6 Å². The fourth-order valence-electron chi connectivity index (χ4n) is 3.33. The van der Waals surface area contributed by atoms with Gasteiger partial charge in [-0.15, -0.1) is 0 Å². The smallest absolute Gasteiger partial charge is 0.254 e. The van der Waals surface area contributed by atoms with Gasteiger partial charge < -0.3 is 15.3 Å². The quantitative estimate of drug-likeness (QED) is 0.897. The number of likely N-dealkylation sites (tertiary alicyclic amines) is 1. The number of carbonyl (C=O) groups is 1. The molecule has 1 aliphatic heterocycles. The summed E-state index contributed by atoms with van der Waals surface area (Å²) >= 11 is 0. The Morgan fingerprint density at radius 1 is 1.24 bits per heavy atom. The number of benzene rings is 2. The number of hydrogen-bond donors (Lipinski definition) is 2. The van der Waals surface area contributed by atoms with Gasteiger partial charge in [0.2, 0.25) is 0 Å². The first kappa shape index (κ1) is 17.5. The van der Waals surface area contributed by atoms with E-state index in [1.807, 2.05) is 24.3 Å². The highest BCUT2D eigenvalue weighted by Crippen LogP contribution is 2.18. The number of nitrogens with zero attached hydrogens (tertiary/aromatic N) is 1. The molecule has 1 aliphatic rings. The maximum Gasteiger partial charge on any atom is 0.254 e. The third kappa shape index (κ3) is 4.40. The highest BCUT2D eigenvalue weighted by molar-refractivity contribution is 5.95. The van der Waals surface area contributed by atoms with E-state index >= 15 is 0 Å². The van der Waals surface area contributed by atoms with Gasteiger partial charge in [0.05, 0.1) is 6.10 Å². The predicted octanol–water partition coefficient (Wildman–Crippen LogP) is 3.51. The molecule has 1 atom stereocenters. The van der Waals surface area contributed by atoms with Crippen LogP contribution in [0.15, 0.2) is 42.5 Å². The Bertz CT molecular complexity index is 757. The second kappa shape index (κ2) is 7.70. The van der Waals surface area contributed by atoms with E-state index in [0.29, 0.717) is 12.1 Å². The van der Waals surface area contributed by atoms with Crippen molar-refractivity contribution >= 4 is 11.6 Å². The lowest BCUT2D eigenvalue weighted by molar-refractivity contribution is 0.0474. The van der Waals surface area contributed by atoms with E-state index in [4.69, 9.17) is 0 Å². The van der Waals surface area contributed by atoms with E-state index in [9.17, 15) is 9.90 Å². The SMILES string of the molecule is Cc1ccc(CNc2cccc(C(=O)N3CCCC(O)C3)c2)c(C)c1. The fraction of sp³-hybridized carbons (Fsp3) is 0.381. The predicted molar refractivity (Wildman–Crippen MR) is 101 cm³/mol. The number of aliphatic hydroxyl groups is 1. The van der Waals surface area contributed by atoms with Gasteiger partial charge in [0, 0.05) is 30.9 Å². The number of aliphatic hydroxyl groups excluding tert-OH is 1. The van der Waals surface area contributed by atoms with Crippen LogP contribution in [0.1, 0.15) is 39.9 Å². The summed E-state index contributed by atoms with van der Waals surface area (Å²) in [7, 11) is 0. The summed E-state index contributed by atoms with van der Waals surface area (Å²) in [5.74, 6) is -0.00563. The van der Waals surface area contributed by atoms with Crippen molar-refractivity contribution in [3.63, 3.8) is 0 Å². The Hall–Kier alpha value is -2.33. The number of hydrogen-bond acceptors (Lipinski definition) is 3. The van der Waals surface area contributed by atoms with Crippen LogP contribution in [0.2, 0.25) is 0 Å². The molecular formula is C21H26N2O2. The molecule has 1 saturated heterocycles. The normalized spacial score (nSPS) is 17.4. The van der Waals surface area contributed by atoms with E-state index in [1.165, 1.54) is 16.7 Å². The van der Waals surface area contributed by atoms with Crippen molar-refractivity contribution in [3.8, 4) is 0 Å². The second-order valence-electron chi connectivity index (χ2n) is 6.91. The molecular weight excluding hydrogens is 312 g/mol. The van der Waals surface area contributed by atoms with Crippen LogP contribution < -0.4 is 5.32 Å². The number of anilines is 1. The molecule has 0 spiro atoms. The van der Waals surface area contributed by atoms with Gasteiger partial charge in [-0.1, -0.05) is 29.8 Å². The topological polar surface area (TPSA) is 52.6 Å². The van der Waals surface area contributed by atoms with Crippen molar-refractivity contribution in [3.05, 3.63) is 64.7 Å². The second-order valence-corrected chi connectivity index (χ2v) is 6.91. The summed E-state index contributed by atoms with van der Waals surface area (Å²) in [6.45, 7) is 6.09. The minimum atomic E-state index is -0.400.